The second-order valence-electron chi connectivity index (χ2n) is 14.4. The lowest BCUT2D eigenvalue weighted by atomic mass is 9.79. The van der Waals surface area contributed by atoms with Gasteiger partial charge in [0.2, 0.25) is 0 Å². The molecule has 0 N–H and O–H groups in total. The Morgan fingerprint density at radius 1 is 0.604 bits per heavy atom. The van der Waals surface area contributed by atoms with Gasteiger partial charge in [-0.3, -0.25) is 0 Å². The first-order chi connectivity index (χ1) is 22.7. The molecule has 48 heavy (non-hydrogen) atoms. The number of benzene rings is 3. The van der Waals surface area contributed by atoms with Crippen LogP contribution >= 0.6 is 0 Å². The average Bonchev–Trinajstić information content (AvgIpc) is 3.32. The summed E-state index contributed by atoms with van der Waals surface area (Å²) in [7, 11) is 0. The van der Waals surface area contributed by atoms with Crippen LogP contribution in [0.4, 0.5) is 0 Å². The third kappa shape index (κ3) is 5.17. The van der Waals surface area contributed by atoms with Crippen LogP contribution in [0.15, 0.2) is 198 Å². The normalized spacial score (nSPS) is 21.9. The van der Waals surface area contributed by atoms with E-state index in [-0.39, 0.29) is 10.8 Å². The molecular formula is C48H46. The molecule has 0 aromatic heterocycles. The maximum Gasteiger partial charge on any atom is 0.0158 e. The first kappa shape index (κ1) is 32.7. The minimum absolute atomic E-state index is 0.256. The number of fused-ring (bicyclic) bond motifs is 5. The van der Waals surface area contributed by atoms with E-state index in [9.17, 15) is 0 Å². The first-order valence-corrected chi connectivity index (χ1v) is 16.7. The second-order valence-corrected chi connectivity index (χ2v) is 14.4. The topological polar surface area (TPSA) is 0 Å². The lowest BCUT2D eigenvalue weighted by Gasteiger charge is -2.25. The number of hydrogen-bond donors (Lipinski definition) is 0. The van der Waals surface area contributed by atoms with Gasteiger partial charge in [0.25, 0.3) is 0 Å². The molecule has 3 aliphatic carbocycles. The van der Waals surface area contributed by atoms with E-state index in [0.29, 0.717) is 0 Å². The van der Waals surface area contributed by atoms with Crippen LogP contribution in [-0.2, 0) is 6.42 Å². The molecule has 238 valence electrons. The molecule has 0 unspecified atom stereocenters. The van der Waals surface area contributed by atoms with Gasteiger partial charge in [0.05, 0.1) is 0 Å². The maximum absolute atomic E-state index is 4.59. The molecule has 0 amide bonds. The molecule has 0 heterocycles. The standard InChI is InChI=1S/C48H46/c1-13-16-43-32(5)33(6)44(47(43,9)10)25-29(2)30(3)26-45-34(7)35(8)46(48(45,11)12)27-31(4)38-20-19-37-22-23-40-39-18-15-14-17-36(39)21-24-41(40)42(37)28-38/h13-18,21-28H,1-8,19-20H2,9-12H3/b43-16+,44-25+,45-26+,46-27+. The summed E-state index contributed by atoms with van der Waals surface area (Å²) < 4.78 is 0. The highest BCUT2D eigenvalue weighted by Gasteiger charge is 2.40. The van der Waals surface area contributed by atoms with Crippen molar-refractivity contribution in [1.29, 1.82) is 0 Å². The molecule has 0 spiro atoms. The molecule has 3 aromatic carbocycles. The number of allylic oxidation sites excluding steroid dienone is 17. The van der Waals surface area contributed by atoms with E-state index in [1.54, 1.807) is 0 Å². The van der Waals surface area contributed by atoms with Crippen LogP contribution in [-0.4, -0.2) is 0 Å². The van der Waals surface area contributed by atoms with Crippen molar-refractivity contribution in [2.75, 3.05) is 0 Å². The Hall–Kier alpha value is -5.20. The molecule has 0 radical (unpaired) electrons. The van der Waals surface area contributed by atoms with Crippen LogP contribution in [0.25, 0.3) is 27.6 Å². The van der Waals surface area contributed by atoms with Crippen LogP contribution in [0.3, 0.4) is 0 Å². The highest BCUT2D eigenvalue weighted by Crippen LogP contribution is 2.54. The largest absolute Gasteiger partial charge is 0.0991 e. The Labute approximate surface area is 287 Å². The smallest absolute Gasteiger partial charge is 0.0158 e. The molecule has 2 fully saturated rings. The Bertz CT molecular complexity index is 2230. The van der Waals surface area contributed by atoms with Crippen molar-refractivity contribution in [1.82, 2.24) is 0 Å². The summed E-state index contributed by atoms with van der Waals surface area (Å²) >= 11 is 0. The zero-order valence-electron chi connectivity index (χ0n) is 29.2. The van der Waals surface area contributed by atoms with E-state index in [4.69, 9.17) is 0 Å². The molecule has 3 aliphatic rings. The zero-order valence-corrected chi connectivity index (χ0v) is 29.2. The number of aryl methyl sites for hydroxylation is 1. The van der Waals surface area contributed by atoms with Crippen LogP contribution in [0, 0.1) is 10.8 Å². The molecule has 0 bridgehead atoms. The van der Waals surface area contributed by atoms with Gasteiger partial charge < -0.3 is 0 Å². The highest BCUT2D eigenvalue weighted by atomic mass is 14.4. The van der Waals surface area contributed by atoms with E-state index in [2.05, 4.69) is 153 Å². The van der Waals surface area contributed by atoms with Gasteiger partial charge in [-0.15, -0.1) is 0 Å². The average molecular weight is 623 g/mol. The molecule has 2 saturated carbocycles. The second kappa shape index (κ2) is 11.8. The molecule has 0 heteroatoms. The van der Waals surface area contributed by atoms with Gasteiger partial charge in [-0.05, 0) is 112 Å². The minimum atomic E-state index is -0.337. The van der Waals surface area contributed by atoms with Crippen molar-refractivity contribution < 1.29 is 0 Å². The minimum Gasteiger partial charge on any atom is -0.0991 e. The Morgan fingerprint density at radius 3 is 1.77 bits per heavy atom. The molecule has 0 atom stereocenters. The summed E-state index contributed by atoms with van der Waals surface area (Å²) in [6.07, 6.45) is 14.6. The van der Waals surface area contributed by atoms with E-state index in [1.165, 1.54) is 38.2 Å². The lowest BCUT2D eigenvalue weighted by molar-refractivity contribution is 0.582. The van der Waals surface area contributed by atoms with E-state index >= 15 is 0 Å². The third-order valence-electron chi connectivity index (χ3n) is 10.8. The van der Waals surface area contributed by atoms with E-state index < -0.39 is 0 Å². The summed E-state index contributed by atoms with van der Waals surface area (Å²) in [6, 6.07) is 17.7. The highest BCUT2D eigenvalue weighted by molar-refractivity contribution is 6.10. The van der Waals surface area contributed by atoms with Gasteiger partial charge in [0.15, 0.2) is 0 Å². The Kier molecular flexibility index (Phi) is 8.04. The van der Waals surface area contributed by atoms with Gasteiger partial charge in [-0.1, -0.05) is 165 Å². The molecule has 6 rings (SSSR count). The maximum atomic E-state index is 4.59. The summed E-state index contributed by atoms with van der Waals surface area (Å²) in [5, 5.41) is 5.14. The van der Waals surface area contributed by atoms with Gasteiger partial charge >= 0.3 is 0 Å². The van der Waals surface area contributed by atoms with Crippen molar-refractivity contribution >= 4 is 27.6 Å². The predicted octanol–water partition coefficient (Wildman–Crippen LogP) is 13.2. The van der Waals surface area contributed by atoms with Crippen LogP contribution < -0.4 is 0 Å². The predicted molar refractivity (Wildman–Crippen MR) is 212 cm³/mol. The molecular weight excluding hydrogens is 577 g/mol. The first-order valence-electron chi connectivity index (χ1n) is 16.7. The molecule has 3 aromatic rings. The molecule has 0 saturated heterocycles. The quantitative estimate of drug-likeness (QED) is 0.189. The summed E-state index contributed by atoms with van der Waals surface area (Å²) in [5.41, 5.74) is 14.3. The third-order valence-corrected chi connectivity index (χ3v) is 10.8. The SMILES string of the molecule is C=C/C=C1\C(=C)C(=C)/C(=C\C(=C)C(=C)/C=C2\C(=C)C(=C)/C(=C\C(=C)C3=Cc4c(ccc5c4ccc4ccccc45)CC3)C2(C)C)C1(C)C. The number of rotatable bonds is 6. The van der Waals surface area contributed by atoms with Crippen LogP contribution in [0.1, 0.15) is 45.2 Å². The van der Waals surface area contributed by atoms with Crippen LogP contribution in [0.5, 0.6) is 0 Å². The summed E-state index contributed by atoms with van der Waals surface area (Å²) in [6.45, 7) is 43.8. The van der Waals surface area contributed by atoms with Crippen molar-refractivity contribution in [3.63, 3.8) is 0 Å². The van der Waals surface area contributed by atoms with Gasteiger partial charge in [0, 0.05) is 10.8 Å². The number of hydrogen-bond acceptors (Lipinski definition) is 0. The monoisotopic (exact) mass is 622 g/mol. The van der Waals surface area contributed by atoms with Crippen molar-refractivity contribution in [2.45, 2.75) is 40.5 Å². The summed E-state index contributed by atoms with van der Waals surface area (Å²) in [4.78, 5) is 0. The fourth-order valence-electron chi connectivity index (χ4n) is 7.79. The van der Waals surface area contributed by atoms with Crippen molar-refractivity contribution in [3.8, 4) is 0 Å². The lowest BCUT2D eigenvalue weighted by Crippen LogP contribution is -2.12. The van der Waals surface area contributed by atoms with Gasteiger partial charge in [-0.2, -0.15) is 0 Å². The van der Waals surface area contributed by atoms with E-state index in [1.807, 2.05) is 12.2 Å². The summed E-state index contributed by atoms with van der Waals surface area (Å²) in [5.74, 6) is 0. The fourth-order valence-corrected chi connectivity index (χ4v) is 7.79. The zero-order chi connectivity index (χ0) is 34.7. The fraction of sp³-hybridized carbons (Fsp3) is 0.167. The van der Waals surface area contributed by atoms with Gasteiger partial charge in [0.1, 0.15) is 0 Å². The molecule has 0 nitrogen and oxygen atoms in total. The Balaban J connectivity index is 1.31. The van der Waals surface area contributed by atoms with Gasteiger partial charge in [-0.25, -0.2) is 0 Å². The van der Waals surface area contributed by atoms with E-state index in [0.717, 1.165) is 74.1 Å². The van der Waals surface area contributed by atoms with Crippen molar-refractivity contribution in [2.24, 2.45) is 10.8 Å². The van der Waals surface area contributed by atoms with Crippen molar-refractivity contribution in [3.05, 3.63) is 210 Å². The molecule has 0 aliphatic heterocycles. The van der Waals surface area contributed by atoms with Crippen LogP contribution in [0.2, 0.25) is 0 Å². The Morgan fingerprint density at radius 2 is 1.15 bits per heavy atom.